The summed E-state index contributed by atoms with van der Waals surface area (Å²) in [5, 5.41) is 0.880. The third kappa shape index (κ3) is 5.01. The molecule has 2 aromatic heterocycles. The molecule has 6 heteroatoms. The van der Waals surface area contributed by atoms with Gasteiger partial charge in [0.05, 0.1) is 18.5 Å². The van der Waals surface area contributed by atoms with Crippen LogP contribution in [0.1, 0.15) is 48.0 Å². The molecule has 4 rings (SSSR count). The van der Waals surface area contributed by atoms with Crippen molar-refractivity contribution in [2.75, 3.05) is 20.7 Å². The first-order chi connectivity index (χ1) is 14.9. The predicted octanol–water partition coefficient (Wildman–Crippen LogP) is 4.81. The van der Waals surface area contributed by atoms with Gasteiger partial charge in [-0.1, -0.05) is 19.1 Å². The number of rotatable bonds is 8. The van der Waals surface area contributed by atoms with Crippen molar-refractivity contribution >= 4 is 21.6 Å². The number of ether oxygens (including phenoxy) is 1. The Balaban J connectivity index is 1.52. The number of thiophene rings is 1. The summed E-state index contributed by atoms with van der Waals surface area (Å²) in [7, 11) is 4.05. The fraction of sp³-hybridized carbons (Fsp3) is 0.520. The van der Waals surface area contributed by atoms with E-state index < -0.39 is 0 Å². The van der Waals surface area contributed by atoms with E-state index in [9.17, 15) is 4.79 Å². The number of fused-ring (bicyclic) bond motifs is 3. The van der Waals surface area contributed by atoms with Gasteiger partial charge >= 0.3 is 0 Å². The van der Waals surface area contributed by atoms with Gasteiger partial charge in [-0.3, -0.25) is 9.36 Å². The molecule has 0 bridgehead atoms. The maximum absolute atomic E-state index is 13.5. The van der Waals surface area contributed by atoms with Crippen LogP contribution in [0, 0.1) is 12.8 Å². The summed E-state index contributed by atoms with van der Waals surface area (Å²) >= 11 is 1.74. The monoisotopic (exact) mass is 439 g/mol. The van der Waals surface area contributed by atoms with Crippen LogP contribution in [0.5, 0.6) is 5.75 Å². The van der Waals surface area contributed by atoms with Crippen LogP contribution in [0.15, 0.2) is 29.1 Å². The van der Waals surface area contributed by atoms with Gasteiger partial charge < -0.3 is 9.64 Å². The van der Waals surface area contributed by atoms with Gasteiger partial charge in [-0.15, -0.1) is 11.3 Å². The van der Waals surface area contributed by atoms with E-state index in [0.29, 0.717) is 25.6 Å². The van der Waals surface area contributed by atoms with E-state index in [0.717, 1.165) is 53.9 Å². The highest BCUT2D eigenvalue weighted by atomic mass is 32.1. The number of hydrogen-bond acceptors (Lipinski definition) is 5. The lowest BCUT2D eigenvalue weighted by atomic mass is 9.89. The summed E-state index contributed by atoms with van der Waals surface area (Å²) < 4.78 is 7.80. The van der Waals surface area contributed by atoms with Gasteiger partial charge in [0.1, 0.15) is 16.4 Å². The van der Waals surface area contributed by atoms with Crippen molar-refractivity contribution in [2.24, 2.45) is 5.92 Å². The quantitative estimate of drug-likeness (QED) is 0.473. The molecule has 1 atom stereocenters. The molecule has 31 heavy (non-hydrogen) atoms. The molecular formula is C25H33N3O2S. The summed E-state index contributed by atoms with van der Waals surface area (Å²) in [6.45, 7) is 6.38. The van der Waals surface area contributed by atoms with Gasteiger partial charge in [-0.05, 0) is 82.3 Å². The molecule has 3 aromatic rings. The highest BCUT2D eigenvalue weighted by Gasteiger charge is 2.24. The van der Waals surface area contributed by atoms with Crippen molar-refractivity contribution in [1.29, 1.82) is 0 Å². The third-order valence-electron chi connectivity index (χ3n) is 5.99. The SMILES string of the molecule is Cc1cccc(OCCCCn2c(CN(C)C)nc3sc4c(c3c2=O)CCC(C)C4)c1. The van der Waals surface area contributed by atoms with Crippen LogP contribution in [0.3, 0.4) is 0 Å². The first kappa shape index (κ1) is 22.0. The lowest BCUT2D eigenvalue weighted by Crippen LogP contribution is -2.29. The molecule has 0 saturated carbocycles. The van der Waals surface area contributed by atoms with Crippen molar-refractivity contribution in [3.8, 4) is 5.75 Å². The summed E-state index contributed by atoms with van der Waals surface area (Å²) in [5.74, 6) is 2.47. The van der Waals surface area contributed by atoms with Crippen LogP contribution >= 0.6 is 11.3 Å². The maximum Gasteiger partial charge on any atom is 0.262 e. The fourth-order valence-electron chi connectivity index (χ4n) is 4.37. The smallest absolute Gasteiger partial charge is 0.262 e. The molecule has 0 saturated heterocycles. The van der Waals surface area contributed by atoms with Crippen LogP contribution in [-0.4, -0.2) is 35.2 Å². The van der Waals surface area contributed by atoms with Crippen molar-refractivity contribution in [1.82, 2.24) is 14.5 Å². The normalized spacial score (nSPS) is 16.1. The van der Waals surface area contributed by atoms with Crippen molar-refractivity contribution in [2.45, 2.75) is 59.0 Å². The van der Waals surface area contributed by atoms with Gasteiger partial charge in [-0.25, -0.2) is 4.98 Å². The van der Waals surface area contributed by atoms with Gasteiger partial charge in [0, 0.05) is 11.4 Å². The summed E-state index contributed by atoms with van der Waals surface area (Å²) in [6, 6.07) is 8.13. The highest BCUT2D eigenvalue weighted by molar-refractivity contribution is 7.18. The molecule has 1 aliphatic rings. The minimum Gasteiger partial charge on any atom is -0.494 e. The minimum absolute atomic E-state index is 0.147. The van der Waals surface area contributed by atoms with Crippen LogP contribution in [0.2, 0.25) is 0 Å². The Bertz CT molecular complexity index is 1120. The number of nitrogens with zero attached hydrogens (tertiary/aromatic N) is 3. The zero-order chi connectivity index (χ0) is 22.0. The summed E-state index contributed by atoms with van der Waals surface area (Å²) in [4.78, 5) is 22.9. The standard InChI is InChI=1S/C25H33N3O2S/c1-17-8-7-9-19(14-17)30-13-6-5-12-28-22(16-27(3)4)26-24-23(25(28)29)20-11-10-18(2)15-21(20)31-24/h7-9,14,18H,5-6,10-13,15-16H2,1-4H3. The number of benzene rings is 1. The molecule has 0 aliphatic heterocycles. The summed E-state index contributed by atoms with van der Waals surface area (Å²) in [5.41, 5.74) is 2.61. The molecule has 0 amide bonds. The lowest BCUT2D eigenvalue weighted by molar-refractivity contribution is 0.301. The minimum atomic E-state index is 0.147. The topological polar surface area (TPSA) is 47.4 Å². The van der Waals surface area contributed by atoms with Gasteiger partial charge in [0.15, 0.2) is 0 Å². The Labute approximate surface area is 188 Å². The number of aryl methyl sites for hydroxylation is 2. The molecule has 0 spiro atoms. The van der Waals surface area contributed by atoms with Crippen molar-refractivity contribution in [3.63, 3.8) is 0 Å². The zero-order valence-electron chi connectivity index (χ0n) is 19.1. The van der Waals surface area contributed by atoms with Crippen LogP contribution in [0.4, 0.5) is 0 Å². The van der Waals surface area contributed by atoms with E-state index in [1.54, 1.807) is 11.3 Å². The van der Waals surface area contributed by atoms with Crippen molar-refractivity contribution in [3.05, 3.63) is 56.4 Å². The van der Waals surface area contributed by atoms with Gasteiger partial charge in [-0.2, -0.15) is 0 Å². The maximum atomic E-state index is 13.5. The Morgan fingerprint density at radius 1 is 1.29 bits per heavy atom. The second-order valence-electron chi connectivity index (χ2n) is 9.13. The van der Waals surface area contributed by atoms with Crippen LogP contribution in [-0.2, 0) is 25.9 Å². The molecule has 1 aliphatic carbocycles. The first-order valence-corrected chi connectivity index (χ1v) is 12.1. The second kappa shape index (κ2) is 9.53. The Morgan fingerprint density at radius 2 is 2.13 bits per heavy atom. The predicted molar refractivity (Wildman–Crippen MR) is 128 cm³/mol. The van der Waals surface area contributed by atoms with Crippen LogP contribution in [0.25, 0.3) is 10.2 Å². The Hall–Kier alpha value is -2.18. The van der Waals surface area contributed by atoms with E-state index in [1.165, 1.54) is 16.0 Å². The average Bonchev–Trinajstić information content (AvgIpc) is 3.06. The molecule has 5 nitrogen and oxygen atoms in total. The zero-order valence-corrected chi connectivity index (χ0v) is 19.9. The van der Waals surface area contributed by atoms with Crippen molar-refractivity contribution < 1.29 is 4.74 Å². The molecule has 0 fully saturated rings. The fourth-order valence-corrected chi connectivity index (χ4v) is 5.76. The highest BCUT2D eigenvalue weighted by Crippen LogP contribution is 2.35. The molecule has 1 aromatic carbocycles. The molecule has 1 unspecified atom stereocenters. The number of hydrogen-bond donors (Lipinski definition) is 0. The summed E-state index contributed by atoms with van der Waals surface area (Å²) in [6.07, 6.45) is 5.04. The molecule has 0 radical (unpaired) electrons. The van der Waals surface area contributed by atoms with E-state index >= 15 is 0 Å². The van der Waals surface area contributed by atoms with E-state index in [-0.39, 0.29) is 5.56 Å². The molecular weight excluding hydrogens is 406 g/mol. The number of unbranched alkanes of at least 4 members (excludes halogenated alkanes) is 1. The molecule has 0 N–H and O–H groups in total. The van der Waals surface area contributed by atoms with E-state index in [4.69, 9.17) is 9.72 Å². The largest absolute Gasteiger partial charge is 0.494 e. The molecule has 2 heterocycles. The Kier molecular flexibility index (Phi) is 6.77. The Morgan fingerprint density at radius 3 is 2.90 bits per heavy atom. The molecule has 166 valence electrons. The van der Waals surface area contributed by atoms with E-state index in [2.05, 4.69) is 30.9 Å². The number of aromatic nitrogens is 2. The second-order valence-corrected chi connectivity index (χ2v) is 10.2. The third-order valence-corrected chi connectivity index (χ3v) is 7.13. The lowest BCUT2D eigenvalue weighted by Gasteiger charge is -2.18. The van der Waals surface area contributed by atoms with E-state index in [1.807, 2.05) is 30.8 Å². The van der Waals surface area contributed by atoms with Gasteiger partial charge in [0.25, 0.3) is 5.56 Å². The van der Waals surface area contributed by atoms with Crippen LogP contribution < -0.4 is 10.3 Å². The van der Waals surface area contributed by atoms with Gasteiger partial charge in [0.2, 0.25) is 0 Å². The first-order valence-electron chi connectivity index (χ1n) is 11.3. The average molecular weight is 440 g/mol.